The first-order chi connectivity index (χ1) is 16.1. The fraction of sp³-hybridized carbons (Fsp3) is 0.667. The minimum Gasteiger partial charge on any atom is -0.512 e. The number of hydroxylamine groups is 1. The van der Waals surface area contributed by atoms with Crippen LogP contribution in [0.15, 0.2) is 35.8 Å². The SMILES string of the molecule is CC(=O)ONCCCO/C1=C\CCC[C@H](O)C(O)C(O)/C=C\C(C)[C@H](C)OC(=O)/C=C(\O)CC1. The first kappa shape index (κ1) is 29.6. The molecule has 0 aromatic heterocycles. The van der Waals surface area contributed by atoms with E-state index in [2.05, 4.69) is 10.3 Å². The molecular weight excluding hydrogens is 446 g/mol. The van der Waals surface area contributed by atoms with Crippen molar-refractivity contribution in [1.82, 2.24) is 5.48 Å². The van der Waals surface area contributed by atoms with Crippen LogP contribution in [0.25, 0.3) is 0 Å². The predicted molar refractivity (Wildman–Crippen MR) is 124 cm³/mol. The number of esters is 1. The number of rotatable bonds is 6. The van der Waals surface area contributed by atoms with Gasteiger partial charge < -0.3 is 34.7 Å². The summed E-state index contributed by atoms with van der Waals surface area (Å²) >= 11 is 0. The monoisotopic (exact) mass is 485 g/mol. The Hall–Kier alpha value is -2.40. The summed E-state index contributed by atoms with van der Waals surface area (Å²) in [6.45, 7) is 5.49. The third-order valence-electron chi connectivity index (χ3n) is 5.31. The zero-order valence-electron chi connectivity index (χ0n) is 20.2. The summed E-state index contributed by atoms with van der Waals surface area (Å²) in [6, 6.07) is 0. The maximum absolute atomic E-state index is 12.1. The third-order valence-corrected chi connectivity index (χ3v) is 5.31. The summed E-state index contributed by atoms with van der Waals surface area (Å²) in [5.74, 6) is -0.933. The van der Waals surface area contributed by atoms with Gasteiger partial charge in [-0.15, -0.1) is 0 Å². The van der Waals surface area contributed by atoms with E-state index in [0.29, 0.717) is 44.6 Å². The summed E-state index contributed by atoms with van der Waals surface area (Å²) in [5.41, 5.74) is 2.52. The first-order valence-electron chi connectivity index (χ1n) is 11.6. The molecule has 0 aromatic rings. The van der Waals surface area contributed by atoms with Crippen molar-refractivity contribution in [3.8, 4) is 0 Å². The molecule has 0 fully saturated rings. The molecule has 0 spiro atoms. The Morgan fingerprint density at radius 3 is 2.65 bits per heavy atom. The Bertz CT molecular complexity index is 719. The molecule has 5 atom stereocenters. The number of carbonyl (C=O) groups excluding carboxylic acids is 2. The fourth-order valence-corrected chi connectivity index (χ4v) is 3.07. The van der Waals surface area contributed by atoms with E-state index in [1.54, 1.807) is 19.9 Å². The molecule has 0 amide bonds. The third kappa shape index (κ3) is 12.7. The summed E-state index contributed by atoms with van der Waals surface area (Å²) in [7, 11) is 0. The Morgan fingerprint density at radius 1 is 1.21 bits per heavy atom. The molecule has 34 heavy (non-hydrogen) atoms. The zero-order chi connectivity index (χ0) is 25.5. The number of cyclic esters (lactones) is 1. The minimum absolute atomic E-state index is 0.137. The maximum atomic E-state index is 12.1. The van der Waals surface area contributed by atoms with E-state index in [0.717, 1.165) is 6.08 Å². The summed E-state index contributed by atoms with van der Waals surface area (Å²) < 4.78 is 11.1. The highest BCUT2D eigenvalue weighted by Crippen LogP contribution is 2.17. The van der Waals surface area contributed by atoms with Crippen LogP contribution in [-0.2, 0) is 23.9 Å². The predicted octanol–water partition coefficient (Wildman–Crippen LogP) is 1.96. The van der Waals surface area contributed by atoms with Gasteiger partial charge >= 0.3 is 11.9 Å². The van der Waals surface area contributed by atoms with Gasteiger partial charge in [0.15, 0.2) is 0 Å². The van der Waals surface area contributed by atoms with Crippen molar-refractivity contribution in [1.29, 1.82) is 0 Å². The van der Waals surface area contributed by atoms with Crippen LogP contribution in [0.4, 0.5) is 0 Å². The van der Waals surface area contributed by atoms with Gasteiger partial charge in [0.25, 0.3) is 0 Å². The molecule has 1 heterocycles. The Labute approximate surface area is 200 Å². The van der Waals surface area contributed by atoms with Crippen molar-refractivity contribution in [3.63, 3.8) is 0 Å². The van der Waals surface area contributed by atoms with Crippen molar-refractivity contribution in [3.05, 3.63) is 35.8 Å². The molecule has 0 saturated carbocycles. The smallest absolute Gasteiger partial charge is 0.334 e. The van der Waals surface area contributed by atoms with Gasteiger partial charge in [0.1, 0.15) is 18.3 Å². The van der Waals surface area contributed by atoms with Crippen LogP contribution in [-0.4, -0.2) is 69.9 Å². The molecule has 0 radical (unpaired) electrons. The maximum Gasteiger partial charge on any atom is 0.334 e. The van der Waals surface area contributed by atoms with Crippen LogP contribution < -0.4 is 5.48 Å². The molecule has 3 unspecified atom stereocenters. The number of aliphatic hydroxyl groups excluding tert-OH is 4. The van der Waals surface area contributed by atoms with Crippen LogP contribution in [0, 0.1) is 5.92 Å². The van der Waals surface area contributed by atoms with Crippen LogP contribution in [0.1, 0.15) is 59.3 Å². The van der Waals surface area contributed by atoms with Crippen LogP contribution in [0.3, 0.4) is 0 Å². The van der Waals surface area contributed by atoms with E-state index in [1.807, 2.05) is 6.08 Å². The number of aliphatic hydroxyl groups is 4. The lowest BCUT2D eigenvalue weighted by Gasteiger charge is -2.22. The molecule has 0 saturated heterocycles. The molecule has 0 aliphatic carbocycles. The Kier molecular flexibility index (Phi) is 14.2. The molecule has 10 nitrogen and oxygen atoms in total. The largest absolute Gasteiger partial charge is 0.512 e. The number of nitrogens with one attached hydrogen (secondary N) is 1. The normalized spacial score (nSPS) is 32.1. The number of hydrogen-bond acceptors (Lipinski definition) is 10. The van der Waals surface area contributed by atoms with Crippen LogP contribution >= 0.6 is 0 Å². The van der Waals surface area contributed by atoms with Gasteiger partial charge in [-0.25, -0.2) is 4.79 Å². The molecule has 194 valence electrons. The minimum atomic E-state index is -1.34. The van der Waals surface area contributed by atoms with E-state index in [4.69, 9.17) is 9.47 Å². The van der Waals surface area contributed by atoms with Gasteiger partial charge in [-0.3, -0.25) is 4.79 Å². The molecule has 1 aliphatic rings. The number of hydrogen-bond donors (Lipinski definition) is 5. The first-order valence-corrected chi connectivity index (χ1v) is 11.6. The van der Waals surface area contributed by atoms with Crippen molar-refractivity contribution in [2.75, 3.05) is 13.2 Å². The lowest BCUT2D eigenvalue weighted by molar-refractivity contribution is -0.148. The Balaban J connectivity index is 2.83. The summed E-state index contributed by atoms with van der Waals surface area (Å²) in [5, 5.41) is 40.7. The second kappa shape index (κ2) is 16.3. The average Bonchev–Trinajstić information content (AvgIpc) is 2.78. The summed E-state index contributed by atoms with van der Waals surface area (Å²) in [6.07, 6.45) is 4.01. The van der Waals surface area contributed by atoms with E-state index in [9.17, 15) is 30.0 Å². The van der Waals surface area contributed by atoms with Gasteiger partial charge in [0.2, 0.25) is 0 Å². The van der Waals surface area contributed by atoms with Gasteiger partial charge in [-0.2, -0.15) is 5.48 Å². The number of ether oxygens (including phenoxy) is 2. The standard InChI is InChI=1S/C24H39NO9/c1-16-9-12-22(29)24(31)21(28)8-5-4-7-20(32-14-6-13-25-34-18(3)26)11-10-19(27)15-23(30)33-17(16)2/h7,9,12,15-17,21-22,24-25,27-29,31H,4-6,8,10-11,13-14H2,1-3H3/b12-9-,19-15-,20-7-/t16?,17-,21-,22?,24?/m0/s1. The lowest BCUT2D eigenvalue weighted by atomic mass is 9.99. The molecule has 0 aromatic carbocycles. The van der Waals surface area contributed by atoms with Crippen molar-refractivity contribution in [2.45, 2.75) is 83.7 Å². The topological polar surface area (TPSA) is 155 Å². The molecular formula is C24H39NO9. The van der Waals surface area contributed by atoms with Gasteiger partial charge in [-0.1, -0.05) is 19.1 Å². The molecule has 5 N–H and O–H groups in total. The number of allylic oxidation sites excluding steroid dienone is 3. The highest BCUT2D eigenvalue weighted by molar-refractivity contribution is 5.82. The zero-order valence-corrected chi connectivity index (χ0v) is 20.2. The van der Waals surface area contributed by atoms with Crippen LogP contribution in [0.5, 0.6) is 0 Å². The molecule has 1 aliphatic heterocycles. The second-order valence-electron chi connectivity index (χ2n) is 8.36. The van der Waals surface area contributed by atoms with E-state index >= 15 is 0 Å². The van der Waals surface area contributed by atoms with Crippen molar-refractivity contribution >= 4 is 11.9 Å². The quantitative estimate of drug-likeness (QED) is 0.163. The Morgan fingerprint density at radius 2 is 1.94 bits per heavy atom. The molecule has 10 heteroatoms. The fourth-order valence-electron chi connectivity index (χ4n) is 3.07. The van der Waals surface area contributed by atoms with Crippen molar-refractivity contribution < 1.29 is 44.3 Å². The van der Waals surface area contributed by atoms with Gasteiger partial charge in [-0.05, 0) is 38.7 Å². The second-order valence-corrected chi connectivity index (χ2v) is 8.36. The highest BCUT2D eigenvalue weighted by atomic mass is 16.7. The average molecular weight is 486 g/mol. The van der Waals surface area contributed by atoms with Crippen molar-refractivity contribution in [2.24, 2.45) is 5.92 Å². The number of carbonyl (C=O) groups is 2. The molecule has 1 rings (SSSR count). The van der Waals surface area contributed by atoms with E-state index in [1.165, 1.54) is 13.0 Å². The van der Waals surface area contributed by atoms with E-state index < -0.39 is 36.4 Å². The summed E-state index contributed by atoms with van der Waals surface area (Å²) in [4.78, 5) is 27.5. The lowest BCUT2D eigenvalue weighted by Crippen LogP contribution is -2.36. The highest BCUT2D eigenvalue weighted by Gasteiger charge is 2.23. The van der Waals surface area contributed by atoms with Crippen LogP contribution in [0.2, 0.25) is 0 Å². The van der Waals surface area contributed by atoms with Gasteiger partial charge in [0, 0.05) is 32.2 Å². The van der Waals surface area contributed by atoms with E-state index in [-0.39, 0.29) is 24.5 Å². The molecule has 0 bridgehead atoms. The van der Waals surface area contributed by atoms with Gasteiger partial charge in [0.05, 0.1) is 30.3 Å².